The lowest BCUT2D eigenvalue weighted by Gasteiger charge is -2.29. The van der Waals surface area contributed by atoms with E-state index in [-0.39, 0.29) is 92.7 Å². The first-order chi connectivity index (χ1) is 46.2. The molecule has 20 bridgehead atoms. The SMILES string of the molecule is CC(C)(C)c1cc2c(O)c(c1)Cc1cc(C(C)(C)C)cc3c1OCCOc1c4cc(C(C)(C)C)cc1Cc1cc(C(C)(C)C)cc(c1O)Cc1cc(C(C)(C)C)cc(c1OCCOc1c(cc(C(C)(C)C)cc1Cc1cc(C(C)(C)C)cc(c1O)C3)C2)Cc1cc(C(C)(C)C)cc(c1O)C4. The molecule has 0 unspecified atom stereocenters. The van der Waals surface area contributed by atoms with Crippen molar-refractivity contribution in [3.05, 3.63) is 231 Å². The van der Waals surface area contributed by atoms with E-state index in [1.54, 1.807) is 0 Å². The zero-order valence-electron chi connectivity index (χ0n) is 65.1. The molecule has 8 nitrogen and oxygen atoms in total. The van der Waals surface area contributed by atoms with Crippen LogP contribution in [0.5, 0.6) is 46.0 Å². The Labute approximate surface area is 600 Å². The first-order valence-corrected chi connectivity index (χ1v) is 36.8. The fraction of sp³-hybridized carbons (Fsp3) is 0.478. The summed E-state index contributed by atoms with van der Waals surface area (Å²) in [6, 6.07) is 35.7. The molecule has 8 aromatic rings. The molecular formula is C92H116O8. The fourth-order valence-electron chi connectivity index (χ4n) is 14.6. The van der Waals surface area contributed by atoms with Crippen LogP contribution in [0.1, 0.15) is 300 Å². The van der Waals surface area contributed by atoms with Crippen LogP contribution in [0.4, 0.5) is 0 Å². The highest BCUT2D eigenvalue weighted by Gasteiger charge is 2.33. The van der Waals surface area contributed by atoms with Gasteiger partial charge >= 0.3 is 0 Å². The molecule has 12 rings (SSSR count). The molecule has 0 atom stereocenters. The second-order valence-electron chi connectivity index (χ2n) is 37.9. The van der Waals surface area contributed by atoms with E-state index in [0.717, 1.165) is 134 Å². The van der Waals surface area contributed by atoms with Crippen LogP contribution in [-0.4, -0.2) is 46.9 Å². The average molecular weight is 1350 g/mol. The Morgan fingerprint density at radius 2 is 0.280 bits per heavy atom. The van der Waals surface area contributed by atoms with Crippen LogP contribution in [0, 0.1) is 0 Å². The number of hydrogen-bond donors (Lipinski definition) is 4. The molecule has 4 aliphatic rings. The molecule has 2 aliphatic heterocycles. The smallest absolute Gasteiger partial charge is 0.126 e. The Bertz CT molecular complexity index is 3710. The van der Waals surface area contributed by atoms with Gasteiger partial charge in [-0.1, -0.05) is 263 Å². The summed E-state index contributed by atoms with van der Waals surface area (Å²) in [7, 11) is 0. The molecule has 8 heteroatoms. The third-order valence-electron chi connectivity index (χ3n) is 21.2. The van der Waals surface area contributed by atoms with Crippen LogP contribution in [0.15, 0.2) is 97.1 Å². The lowest BCUT2D eigenvalue weighted by Crippen LogP contribution is -2.19. The van der Waals surface area contributed by atoms with Gasteiger partial charge in [0.1, 0.15) is 72.4 Å². The summed E-state index contributed by atoms with van der Waals surface area (Å²) in [6.45, 7) is 54.3. The van der Waals surface area contributed by atoms with Crippen molar-refractivity contribution in [2.24, 2.45) is 0 Å². The summed E-state index contributed by atoms with van der Waals surface area (Å²) in [5, 5.41) is 52.9. The summed E-state index contributed by atoms with van der Waals surface area (Å²) < 4.78 is 29.7. The molecule has 0 spiro atoms. The Morgan fingerprint density at radius 3 is 0.380 bits per heavy atom. The van der Waals surface area contributed by atoms with Crippen LogP contribution in [-0.2, 0) is 94.7 Å². The number of phenols is 4. The number of benzene rings is 8. The molecule has 0 radical (unpaired) electrons. The second-order valence-corrected chi connectivity index (χ2v) is 37.9. The van der Waals surface area contributed by atoms with Crippen molar-refractivity contribution in [1.82, 2.24) is 0 Å². The van der Waals surface area contributed by atoms with E-state index in [0.29, 0.717) is 74.4 Å². The normalized spacial score (nSPS) is 15.2. The van der Waals surface area contributed by atoms with Gasteiger partial charge in [0, 0.05) is 51.4 Å². The predicted molar refractivity (Wildman–Crippen MR) is 412 cm³/mol. The molecule has 8 aromatic carbocycles. The number of ether oxygens (including phenoxy) is 4. The number of hydrogen-bond acceptors (Lipinski definition) is 8. The molecule has 0 amide bonds. The molecule has 2 aliphatic carbocycles. The van der Waals surface area contributed by atoms with Gasteiger partial charge in [-0.15, -0.1) is 0 Å². The number of rotatable bonds is 0. The average Bonchev–Trinajstić information content (AvgIpc) is 0.769. The zero-order valence-corrected chi connectivity index (χ0v) is 65.1. The summed E-state index contributed by atoms with van der Waals surface area (Å²) in [5.41, 5.74) is 20.2. The Morgan fingerprint density at radius 1 is 0.180 bits per heavy atom. The molecule has 0 aromatic heterocycles. The molecule has 0 saturated carbocycles. The summed E-state index contributed by atoms with van der Waals surface area (Å²) in [4.78, 5) is 0. The number of aromatic hydroxyl groups is 4. The summed E-state index contributed by atoms with van der Waals surface area (Å²) in [6.07, 6.45) is 2.81. The van der Waals surface area contributed by atoms with Crippen LogP contribution in [0.2, 0.25) is 0 Å². The minimum absolute atomic E-state index is 0.142. The third-order valence-corrected chi connectivity index (χ3v) is 21.2. The Balaban J connectivity index is 1.26. The first-order valence-electron chi connectivity index (χ1n) is 36.8. The van der Waals surface area contributed by atoms with Crippen molar-refractivity contribution in [3.8, 4) is 46.0 Å². The van der Waals surface area contributed by atoms with Crippen molar-refractivity contribution in [1.29, 1.82) is 0 Å². The first kappa shape index (κ1) is 73.4. The van der Waals surface area contributed by atoms with E-state index < -0.39 is 0 Å². The van der Waals surface area contributed by atoms with Crippen molar-refractivity contribution in [2.75, 3.05) is 26.4 Å². The molecule has 4 N–H and O–H groups in total. The molecule has 0 saturated heterocycles. The molecular weight excluding hydrogens is 1230 g/mol. The Kier molecular flexibility index (Phi) is 19.2. The molecule has 2 heterocycles. The van der Waals surface area contributed by atoms with E-state index in [4.69, 9.17) is 18.9 Å². The maximum atomic E-state index is 13.2. The highest BCUT2D eigenvalue weighted by Crippen LogP contribution is 2.48. The van der Waals surface area contributed by atoms with Gasteiger partial charge in [0.15, 0.2) is 0 Å². The van der Waals surface area contributed by atoms with Crippen LogP contribution < -0.4 is 18.9 Å². The topological polar surface area (TPSA) is 118 Å². The predicted octanol–water partition coefficient (Wildman–Crippen LogP) is 21.5. The molecule has 532 valence electrons. The van der Waals surface area contributed by atoms with E-state index in [9.17, 15) is 20.4 Å². The minimum atomic E-state index is -0.296. The molecule has 0 fully saturated rings. The van der Waals surface area contributed by atoms with E-state index >= 15 is 0 Å². The maximum Gasteiger partial charge on any atom is 0.126 e. The number of fused-ring (bicyclic) bond motifs is 8. The van der Waals surface area contributed by atoms with E-state index in [2.05, 4.69) is 263 Å². The van der Waals surface area contributed by atoms with Gasteiger partial charge in [-0.3, -0.25) is 0 Å². The van der Waals surface area contributed by atoms with E-state index in [1.165, 1.54) is 0 Å². The standard InChI is InChI=1S/C92H116O8/c1-85(2,3)69-37-53-29-61-45-73(89(13,14)15)47-63-31-55-39-70(86(4,5)6)40-56(78(55)94)32-64-48-74(90(16,17)18)46-62(30-54(38-69)77(53)93)82(64)98-26-28-100-84-66-34-58-42-71(87(7,8)9)41-57(79(58)95)33-65-49-75(91(19,20)21)51-67(83(65)99-27-25-97-81(61)63)35-59-43-72(88(10,11)12)44-60(80(59)96)36-68(84)52-76(50-66)92(22,23)24/h37-52,93-96H,25-36H2,1-24H3. The quantitative estimate of drug-likeness (QED) is 0.119. The van der Waals surface area contributed by atoms with Crippen molar-refractivity contribution in [2.45, 2.75) is 261 Å². The Hall–Kier alpha value is -7.84. The highest BCUT2D eigenvalue weighted by molar-refractivity contribution is 5.63. The van der Waals surface area contributed by atoms with Crippen LogP contribution in [0.3, 0.4) is 0 Å². The van der Waals surface area contributed by atoms with E-state index in [1.807, 2.05) is 0 Å². The summed E-state index contributed by atoms with van der Waals surface area (Å²) in [5.74, 6) is 3.71. The van der Waals surface area contributed by atoms with Gasteiger partial charge in [0.05, 0.1) is 0 Å². The third kappa shape index (κ3) is 15.6. The van der Waals surface area contributed by atoms with Gasteiger partial charge < -0.3 is 39.4 Å². The largest absolute Gasteiger partial charge is 0.507 e. The zero-order chi connectivity index (χ0) is 73.1. The second kappa shape index (κ2) is 26.2. The highest BCUT2D eigenvalue weighted by atomic mass is 16.5. The lowest BCUT2D eigenvalue weighted by atomic mass is 9.79. The number of phenolic OH excluding ortho intramolecular Hbond substituents is 4. The lowest BCUT2D eigenvalue weighted by molar-refractivity contribution is 0.212. The molecule has 100 heavy (non-hydrogen) atoms. The van der Waals surface area contributed by atoms with Crippen LogP contribution in [0.25, 0.3) is 0 Å². The van der Waals surface area contributed by atoms with Gasteiger partial charge in [0.25, 0.3) is 0 Å². The maximum absolute atomic E-state index is 13.2. The minimum Gasteiger partial charge on any atom is -0.507 e. The summed E-state index contributed by atoms with van der Waals surface area (Å²) >= 11 is 0. The van der Waals surface area contributed by atoms with Crippen molar-refractivity contribution < 1.29 is 39.4 Å². The van der Waals surface area contributed by atoms with Crippen LogP contribution >= 0.6 is 0 Å². The van der Waals surface area contributed by atoms with Crippen molar-refractivity contribution in [3.63, 3.8) is 0 Å². The monoisotopic (exact) mass is 1350 g/mol. The van der Waals surface area contributed by atoms with Gasteiger partial charge in [0.2, 0.25) is 0 Å². The van der Waals surface area contributed by atoms with Gasteiger partial charge in [-0.25, -0.2) is 0 Å². The fourth-order valence-corrected chi connectivity index (χ4v) is 14.6. The van der Waals surface area contributed by atoms with Crippen molar-refractivity contribution >= 4 is 0 Å². The van der Waals surface area contributed by atoms with Gasteiger partial charge in [-0.05, 0) is 177 Å². The van der Waals surface area contributed by atoms with Gasteiger partial charge in [-0.2, -0.15) is 0 Å².